The van der Waals surface area contributed by atoms with E-state index in [1.165, 1.54) is 13.5 Å². The van der Waals surface area contributed by atoms with Gasteiger partial charge >= 0.3 is 5.91 Å². The number of benzene rings is 1. The summed E-state index contributed by atoms with van der Waals surface area (Å²) in [6.45, 7) is 0.900. The van der Waals surface area contributed by atoms with Crippen molar-refractivity contribution in [1.29, 1.82) is 0 Å². The number of aromatic amines is 1. The van der Waals surface area contributed by atoms with Crippen LogP contribution in [0.25, 0.3) is 10.9 Å². The first kappa shape index (κ1) is 23.3. The van der Waals surface area contributed by atoms with Crippen LogP contribution in [0.1, 0.15) is 22.1 Å². The van der Waals surface area contributed by atoms with Gasteiger partial charge in [0.05, 0.1) is 18.5 Å². The van der Waals surface area contributed by atoms with Gasteiger partial charge in [-0.25, -0.2) is 21.8 Å². The first-order chi connectivity index (χ1) is 16.0. The number of nitrogens with one attached hydrogen (secondary N) is 1. The van der Waals surface area contributed by atoms with Crippen molar-refractivity contribution in [3.63, 3.8) is 0 Å². The summed E-state index contributed by atoms with van der Waals surface area (Å²) < 4.78 is 58.0. The molecule has 1 saturated heterocycles. The van der Waals surface area contributed by atoms with Crippen LogP contribution in [-0.2, 0) is 33.0 Å². The lowest BCUT2D eigenvalue weighted by Gasteiger charge is -2.33. The van der Waals surface area contributed by atoms with Crippen molar-refractivity contribution in [2.24, 2.45) is 0 Å². The smallest absolute Gasteiger partial charge is 0.309 e. The van der Waals surface area contributed by atoms with E-state index in [0.29, 0.717) is 33.8 Å². The first-order valence-electron chi connectivity index (χ1n) is 10.5. The summed E-state index contributed by atoms with van der Waals surface area (Å²) in [6.07, 6.45) is 1.49. The summed E-state index contributed by atoms with van der Waals surface area (Å²) in [7, 11) is -7.15. The zero-order chi connectivity index (χ0) is 24.3. The summed E-state index contributed by atoms with van der Waals surface area (Å²) in [6, 6.07) is 6.64. The average molecular weight is 528 g/mol. The number of fused-ring (bicyclic) bond motifs is 2. The second kappa shape index (κ2) is 8.34. The van der Waals surface area contributed by atoms with E-state index in [9.17, 15) is 21.6 Å². The van der Waals surface area contributed by atoms with Crippen molar-refractivity contribution in [1.82, 2.24) is 23.5 Å². The van der Waals surface area contributed by atoms with Gasteiger partial charge in [0, 0.05) is 55.1 Å². The molecule has 0 atom stereocenters. The third-order valence-electron chi connectivity index (χ3n) is 6.05. The SMILES string of the molecule is CS(=O)(=O)N1CCc2nc(C(=O)N3CCN(S(=O)(=O)c4cc5cc(Cl)ccc5[nH]4)CC3)oc2C1. The highest BCUT2D eigenvalue weighted by molar-refractivity contribution is 7.89. The maximum absolute atomic E-state index is 13.1. The van der Waals surface area contributed by atoms with E-state index >= 15 is 0 Å². The van der Waals surface area contributed by atoms with Gasteiger partial charge in [0.15, 0.2) is 0 Å². The van der Waals surface area contributed by atoms with E-state index in [0.717, 1.165) is 6.26 Å². The molecule has 182 valence electrons. The van der Waals surface area contributed by atoms with Crippen LogP contribution in [-0.4, -0.2) is 85.2 Å². The van der Waals surface area contributed by atoms with Gasteiger partial charge in [0.25, 0.3) is 15.9 Å². The van der Waals surface area contributed by atoms with E-state index in [1.807, 2.05) is 0 Å². The number of piperazine rings is 1. The van der Waals surface area contributed by atoms with Crippen LogP contribution in [0, 0.1) is 0 Å². The van der Waals surface area contributed by atoms with Crippen molar-refractivity contribution < 1.29 is 26.0 Å². The Hall–Kier alpha value is -2.45. The lowest BCUT2D eigenvalue weighted by molar-refractivity contribution is 0.0655. The van der Waals surface area contributed by atoms with Crippen molar-refractivity contribution in [3.05, 3.63) is 46.6 Å². The van der Waals surface area contributed by atoms with Crippen molar-refractivity contribution in [2.45, 2.75) is 18.0 Å². The zero-order valence-electron chi connectivity index (χ0n) is 18.2. The van der Waals surface area contributed by atoms with Gasteiger partial charge in [-0.3, -0.25) is 4.79 Å². The molecule has 2 aliphatic rings. The Morgan fingerprint density at radius 3 is 2.50 bits per heavy atom. The minimum Gasteiger partial charge on any atom is -0.436 e. The Bertz CT molecular complexity index is 1490. The highest BCUT2D eigenvalue weighted by Gasteiger charge is 2.34. The fourth-order valence-corrected chi connectivity index (χ4v) is 6.56. The fraction of sp³-hybridized carbons (Fsp3) is 0.400. The second-order valence-electron chi connectivity index (χ2n) is 8.30. The number of oxazole rings is 1. The van der Waals surface area contributed by atoms with Crippen LogP contribution >= 0.6 is 11.6 Å². The number of aromatic nitrogens is 2. The van der Waals surface area contributed by atoms with Crippen LogP contribution in [0.5, 0.6) is 0 Å². The Morgan fingerprint density at radius 1 is 1.06 bits per heavy atom. The standard InChI is InChI=1S/C20H22ClN5O6S2/c1-33(28,29)26-5-4-16-17(12-26)32-19(23-16)20(27)24-6-8-25(9-7-24)34(30,31)18-11-13-10-14(21)2-3-15(13)22-18/h2-3,10-11,22H,4-9,12H2,1H3. The number of carbonyl (C=O) groups is 1. The molecular weight excluding hydrogens is 506 g/mol. The molecule has 34 heavy (non-hydrogen) atoms. The number of amides is 1. The van der Waals surface area contributed by atoms with E-state index in [4.69, 9.17) is 16.0 Å². The van der Waals surface area contributed by atoms with Crippen LogP contribution < -0.4 is 0 Å². The Morgan fingerprint density at radius 2 is 1.79 bits per heavy atom. The number of nitrogens with zero attached hydrogens (tertiary/aromatic N) is 4. The molecule has 11 nitrogen and oxygen atoms in total. The van der Waals surface area contributed by atoms with Crippen LogP contribution in [0.15, 0.2) is 33.7 Å². The predicted octanol–water partition coefficient (Wildman–Crippen LogP) is 1.27. The molecule has 0 saturated carbocycles. The van der Waals surface area contributed by atoms with Gasteiger partial charge in [0.1, 0.15) is 10.8 Å². The molecule has 2 aromatic heterocycles. The number of rotatable bonds is 4. The van der Waals surface area contributed by atoms with Gasteiger partial charge in [-0.15, -0.1) is 0 Å². The van der Waals surface area contributed by atoms with Gasteiger partial charge < -0.3 is 14.3 Å². The van der Waals surface area contributed by atoms with Gasteiger partial charge in [-0.2, -0.15) is 8.61 Å². The van der Waals surface area contributed by atoms with Crippen molar-refractivity contribution in [3.8, 4) is 0 Å². The Kier molecular flexibility index (Phi) is 5.72. The minimum absolute atomic E-state index is 0.0379. The van der Waals surface area contributed by atoms with Crippen molar-refractivity contribution >= 4 is 48.5 Å². The van der Waals surface area contributed by atoms with E-state index < -0.39 is 26.0 Å². The topological polar surface area (TPSA) is 137 Å². The lowest BCUT2D eigenvalue weighted by atomic mass is 10.2. The number of carbonyl (C=O) groups excluding carboxylic acids is 1. The maximum atomic E-state index is 13.1. The van der Waals surface area contributed by atoms with Gasteiger partial charge in [-0.1, -0.05) is 11.6 Å². The summed E-state index contributed by atoms with van der Waals surface area (Å²) in [4.78, 5) is 21.6. The van der Waals surface area contributed by atoms with Crippen LogP contribution in [0.3, 0.4) is 0 Å². The monoisotopic (exact) mass is 527 g/mol. The largest absolute Gasteiger partial charge is 0.436 e. The molecule has 1 amide bonds. The Labute approximate surface area is 201 Å². The third-order valence-corrected chi connectivity index (χ3v) is 9.36. The summed E-state index contributed by atoms with van der Waals surface area (Å²) in [5.74, 6) is -0.193. The molecule has 0 aliphatic carbocycles. The zero-order valence-corrected chi connectivity index (χ0v) is 20.6. The van der Waals surface area contributed by atoms with Crippen LogP contribution in [0.2, 0.25) is 5.02 Å². The molecular formula is C20H22ClN5O6S2. The third kappa shape index (κ3) is 4.22. The average Bonchev–Trinajstić information content (AvgIpc) is 3.41. The summed E-state index contributed by atoms with van der Waals surface area (Å²) >= 11 is 5.99. The van der Waals surface area contributed by atoms with Crippen LogP contribution in [0.4, 0.5) is 0 Å². The Balaban J connectivity index is 1.27. The molecule has 0 unspecified atom stereocenters. The molecule has 2 aliphatic heterocycles. The second-order valence-corrected chi connectivity index (χ2v) is 12.6. The highest BCUT2D eigenvalue weighted by Crippen LogP contribution is 2.26. The predicted molar refractivity (Wildman–Crippen MR) is 123 cm³/mol. The molecule has 1 fully saturated rings. The normalized spacial score (nSPS) is 18.4. The van der Waals surface area contributed by atoms with E-state index in [-0.39, 0.29) is 50.2 Å². The number of H-pyrrole nitrogens is 1. The maximum Gasteiger partial charge on any atom is 0.309 e. The summed E-state index contributed by atoms with van der Waals surface area (Å²) in [5, 5.41) is 1.28. The number of hydrogen-bond donors (Lipinski definition) is 1. The molecule has 0 radical (unpaired) electrons. The lowest BCUT2D eigenvalue weighted by Crippen LogP contribution is -2.50. The van der Waals surface area contributed by atoms with E-state index in [1.54, 1.807) is 24.3 Å². The molecule has 1 aromatic carbocycles. The molecule has 1 N–H and O–H groups in total. The van der Waals surface area contributed by atoms with Gasteiger partial charge in [0.2, 0.25) is 10.0 Å². The molecule has 0 bridgehead atoms. The molecule has 0 spiro atoms. The molecule has 5 rings (SSSR count). The fourth-order valence-electron chi connectivity index (χ4n) is 4.17. The number of halogens is 1. The quantitative estimate of drug-likeness (QED) is 0.539. The minimum atomic E-state index is -3.78. The van der Waals surface area contributed by atoms with E-state index in [2.05, 4.69) is 9.97 Å². The van der Waals surface area contributed by atoms with Gasteiger partial charge in [-0.05, 0) is 24.3 Å². The number of sulfonamides is 2. The molecule has 3 aromatic rings. The summed E-state index contributed by atoms with van der Waals surface area (Å²) in [5.41, 5.74) is 1.24. The molecule has 14 heteroatoms. The highest BCUT2D eigenvalue weighted by atomic mass is 35.5. The first-order valence-corrected chi connectivity index (χ1v) is 14.2. The number of hydrogen-bond acceptors (Lipinski definition) is 7. The van der Waals surface area contributed by atoms with Crippen molar-refractivity contribution in [2.75, 3.05) is 39.0 Å². The molecule has 4 heterocycles.